The van der Waals surface area contributed by atoms with E-state index in [1.807, 2.05) is 6.92 Å². The molecular formula is C12H16F2N2O2. The minimum atomic E-state index is -0.794. The number of anilines is 1. The van der Waals surface area contributed by atoms with Crippen LogP contribution in [0.4, 0.5) is 14.5 Å². The van der Waals surface area contributed by atoms with Crippen LogP contribution in [0.1, 0.15) is 6.92 Å². The SMILES string of the molecule is CCOCCNCC(=O)Nc1c(F)cccc1F. The van der Waals surface area contributed by atoms with Crippen LogP contribution in [0.2, 0.25) is 0 Å². The maximum Gasteiger partial charge on any atom is 0.238 e. The second-order valence-corrected chi connectivity index (χ2v) is 3.52. The molecule has 0 fully saturated rings. The predicted molar refractivity (Wildman–Crippen MR) is 64.4 cm³/mol. The average Bonchev–Trinajstić information content (AvgIpc) is 2.34. The molecule has 6 heteroatoms. The normalized spacial score (nSPS) is 10.4. The lowest BCUT2D eigenvalue weighted by Crippen LogP contribution is -2.31. The second-order valence-electron chi connectivity index (χ2n) is 3.52. The van der Waals surface area contributed by atoms with Gasteiger partial charge >= 0.3 is 0 Å². The molecule has 1 aromatic carbocycles. The van der Waals surface area contributed by atoms with Crippen LogP contribution in [0.15, 0.2) is 18.2 Å². The Balaban J connectivity index is 2.36. The summed E-state index contributed by atoms with van der Waals surface area (Å²) in [4.78, 5) is 11.4. The summed E-state index contributed by atoms with van der Waals surface area (Å²) in [5.41, 5.74) is -0.422. The van der Waals surface area contributed by atoms with Crippen molar-refractivity contribution in [1.82, 2.24) is 5.32 Å². The molecule has 0 aliphatic rings. The van der Waals surface area contributed by atoms with Gasteiger partial charge in [0.15, 0.2) is 0 Å². The largest absolute Gasteiger partial charge is 0.380 e. The molecule has 2 N–H and O–H groups in total. The van der Waals surface area contributed by atoms with Crippen LogP contribution in [0.25, 0.3) is 0 Å². The fourth-order valence-corrected chi connectivity index (χ4v) is 1.29. The van der Waals surface area contributed by atoms with E-state index in [2.05, 4.69) is 10.6 Å². The molecule has 4 nitrogen and oxygen atoms in total. The molecule has 18 heavy (non-hydrogen) atoms. The van der Waals surface area contributed by atoms with E-state index in [-0.39, 0.29) is 6.54 Å². The Kier molecular flexibility index (Phi) is 6.24. The number of carbonyl (C=O) groups excluding carboxylic acids is 1. The van der Waals surface area contributed by atoms with E-state index in [0.717, 1.165) is 12.1 Å². The van der Waals surface area contributed by atoms with Crippen molar-refractivity contribution in [3.63, 3.8) is 0 Å². The number of hydrogen-bond donors (Lipinski definition) is 2. The van der Waals surface area contributed by atoms with Gasteiger partial charge in [0.2, 0.25) is 5.91 Å². The van der Waals surface area contributed by atoms with Crippen molar-refractivity contribution in [3.8, 4) is 0 Å². The molecule has 1 aromatic rings. The Morgan fingerprint density at radius 2 is 2.00 bits per heavy atom. The molecule has 0 spiro atoms. The number of halogens is 2. The fraction of sp³-hybridized carbons (Fsp3) is 0.417. The first-order valence-corrected chi connectivity index (χ1v) is 5.67. The molecule has 0 aliphatic carbocycles. The minimum Gasteiger partial charge on any atom is -0.380 e. The van der Waals surface area contributed by atoms with Crippen molar-refractivity contribution >= 4 is 11.6 Å². The zero-order valence-electron chi connectivity index (χ0n) is 10.1. The van der Waals surface area contributed by atoms with Gasteiger partial charge in [0.25, 0.3) is 0 Å². The van der Waals surface area contributed by atoms with Crippen LogP contribution in [-0.4, -0.2) is 32.2 Å². The van der Waals surface area contributed by atoms with Gasteiger partial charge in [0, 0.05) is 13.2 Å². The third-order valence-corrected chi connectivity index (χ3v) is 2.14. The highest BCUT2D eigenvalue weighted by Crippen LogP contribution is 2.17. The molecule has 0 bridgehead atoms. The highest BCUT2D eigenvalue weighted by atomic mass is 19.1. The summed E-state index contributed by atoms with van der Waals surface area (Å²) in [6, 6.07) is 3.41. The van der Waals surface area contributed by atoms with E-state index >= 15 is 0 Å². The van der Waals surface area contributed by atoms with E-state index in [0.29, 0.717) is 19.8 Å². The molecule has 0 atom stereocenters. The number of ether oxygens (including phenoxy) is 1. The number of para-hydroxylation sites is 1. The lowest BCUT2D eigenvalue weighted by molar-refractivity contribution is -0.115. The van der Waals surface area contributed by atoms with Crippen LogP contribution in [0.5, 0.6) is 0 Å². The lowest BCUT2D eigenvalue weighted by Gasteiger charge is -2.08. The number of carbonyl (C=O) groups is 1. The Labute approximate surface area is 104 Å². The van der Waals surface area contributed by atoms with Crippen LogP contribution >= 0.6 is 0 Å². The van der Waals surface area contributed by atoms with Gasteiger partial charge in [0.1, 0.15) is 17.3 Å². The van der Waals surface area contributed by atoms with Crippen molar-refractivity contribution in [2.75, 3.05) is 31.6 Å². The molecule has 0 aromatic heterocycles. The third-order valence-electron chi connectivity index (χ3n) is 2.14. The van der Waals surface area contributed by atoms with Crippen molar-refractivity contribution in [2.45, 2.75) is 6.92 Å². The van der Waals surface area contributed by atoms with E-state index in [1.54, 1.807) is 0 Å². The van der Waals surface area contributed by atoms with E-state index in [9.17, 15) is 13.6 Å². The first kappa shape index (κ1) is 14.5. The number of benzene rings is 1. The van der Waals surface area contributed by atoms with Crippen LogP contribution in [0.3, 0.4) is 0 Å². The zero-order valence-corrected chi connectivity index (χ0v) is 10.1. The van der Waals surface area contributed by atoms with E-state index in [4.69, 9.17) is 4.74 Å². The molecule has 0 unspecified atom stereocenters. The van der Waals surface area contributed by atoms with Gasteiger partial charge in [-0.1, -0.05) is 6.07 Å². The summed E-state index contributed by atoms with van der Waals surface area (Å²) in [7, 11) is 0. The average molecular weight is 258 g/mol. The van der Waals surface area contributed by atoms with Crippen molar-refractivity contribution in [1.29, 1.82) is 0 Å². The van der Waals surface area contributed by atoms with Gasteiger partial charge < -0.3 is 15.4 Å². The molecule has 0 radical (unpaired) electrons. The van der Waals surface area contributed by atoms with E-state index in [1.165, 1.54) is 6.07 Å². The van der Waals surface area contributed by atoms with Gasteiger partial charge in [-0.3, -0.25) is 4.79 Å². The summed E-state index contributed by atoms with van der Waals surface area (Å²) in [6.45, 7) is 3.43. The Morgan fingerprint density at radius 1 is 1.33 bits per heavy atom. The Hall–Kier alpha value is -1.53. The molecule has 0 saturated carbocycles. The maximum absolute atomic E-state index is 13.2. The summed E-state index contributed by atoms with van der Waals surface area (Å²) in [5, 5.41) is 4.97. The highest BCUT2D eigenvalue weighted by molar-refractivity contribution is 5.92. The van der Waals surface area contributed by atoms with Crippen LogP contribution in [0, 0.1) is 11.6 Å². The minimum absolute atomic E-state index is 0.0269. The Morgan fingerprint density at radius 3 is 2.61 bits per heavy atom. The first-order chi connectivity index (χ1) is 8.65. The van der Waals surface area contributed by atoms with Crippen molar-refractivity contribution in [3.05, 3.63) is 29.8 Å². The molecule has 0 saturated heterocycles. The molecule has 0 heterocycles. The standard InChI is InChI=1S/C12H16F2N2O2/c1-2-18-7-6-15-8-11(17)16-12-9(13)4-3-5-10(12)14/h3-5,15H,2,6-8H2,1H3,(H,16,17). The van der Waals surface area contributed by atoms with Gasteiger partial charge in [-0.05, 0) is 19.1 Å². The number of nitrogens with one attached hydrogen (secondary N) is 2. The second kappa shape index (κ2) is 7.73. The maximum atomic E-state index is 13.2. The van der Waals surface area contributed by atoms with Crippen LogP contribution < -0.4 is 10.6 Å². The first-order valence-electron chi connectivity index (χ1n) is 5.67. The Bertz CT molecular complexity index is 379. The molecule has 1 rings (SSSR count). The van der Waals surface area contributed by atoms with Gasteiger partial charge in [-0.15, -0.1) is 0 Å². The summed E-state index contributed by atoms with van der Waals surface area (Å²) < 4.78 is 31.5. The lowest BCUT2D eigenvalue weighted by atomic mass is 10.3. The zero-order chi connectivity index (χ0) is 13.4. The summed E-state index contributed by atoms with van der Waals surface area (Å²) >= 11 is 0. The summed E-state index contributed by atoms with van der Waals surface area (Å²) in [5.74, 6) is -2.09. The number of amides is 1. The summed E-state index contributed by atoms with van der Waals surface area (Å²) in [6.07, 6.45) is 0. The number of rotatable bonds is 7. The van der Waals surface area contributed by atoms with Crippen molar-refractivity contribution in [2.24, 2.45) is 0 Å². The fourth-order valence-electron chi connectivity index (χ4n) is 1.29. The molecule has 1 amide bonds. The topological polar surface area (TPSA) is 50.4 Å². The molecule has 100 valence electrons. The van der Waals surface area contributed by atoms with Gasteiger partial charge in [-0.25, -0.2) is 8.78 Å². The van der Waals surface area contributed by atoms with Gasteiger partial charge in [0.05, 0.1) is 13.2 Å². The quantitative estimate of drug-likeness (QED) is 0.729. The molecular weight excluding hydrogens is 242 g/mol. The monoisotopic (exact) mass is 258 g/mol. The smallest absolute Gasteiger partial charge is 0.238 e. The predicted octanol–water partition coefficient (Wildman–Crippen LogP) is 1.53. The van der Waals surface area contributed by atoms with Crippen LogP contribution in [-0.2, 0) is 9.53 Å². The third kappa shape index (κ3) is 4.77. The van der Waals surface area contributed by atoms with Gasteiger partial charge in [-0.2, -0.15) is 0 Å². The highest BCUT2D eigenvalue weighted by Gasteiger charge is 2.11. The number of hydrogen-bond acceptors (Lipinski definition) is 3. The molecule has 0 aliphatic heterocycles. The van der Waals surface area contributed by atoms with Crippen molar-refractivity contribution < 1.29 is 18.3 Å². The van der Waals surface area contributed by atoms with E-state index < -0.39 is 23.2 Å².